The molecule has 37 heavy (non-hydrogen) atoms. The van der Waals surface area contributed by atoms with Gasteiger partial charge in [0.25, 0.3) is 5.91 Å². The van der Waals surface area contributed by atoms with E-state index in [1.165, 1.54) is 0 Å². The molecule has 0 unspecified atom stereocenters. The Morgan fingerprint density at radius 1 is 0.838 bits per heavy atom. The van der Waals surface area contributed by atoms with Crippen molar-refractivity contribution in [2.24, 2.45) is 0 Å². The molecule has 0 aliphatic carbocycles. The summed E-state index contributed by atoms with van der Waals surface area (Å²) in [4.78, 5) is 31.1. The number of carbonyl (C=O) groups excluding carboxylic acids is 1. The average molecular weight is 493 g/mol. The van der Waals surface area contributed by atoms with Crippen LogP contribution < -0.4 is 5.32 Å². The van der Waals surface area contributed by atoms with E-state index < -0.39 is 0 Å². The zero-order chi connectivity index (χ0) is 25.8. The fourth-order valence-electron chi connectivity index (χ4n) is 4.66. The predicted octanol–water partition coefficient (Wildman–Crippen LogP) is 5.08. The molecule has 4 heterocycles. The lowest BCUT2D eigenvalue weighted by atomic mass is 10.0. The number of aromatic nitrogens is 3. The van der Waals surface area contributed by atoms with Gasteiger partial charge in [-0.1, -0.05) is 18.2 Å². The van der Waals surface area contributed by atoms with Crippen molar-refractivity contribution in [3.63, 3.8) is 0 Å². The van der Waals surface area contributed by atoms with Crippen LogP contribution in [0.4, 0.5) is 5.82 Å². The molecule has 0 spiro atoms. The van der Waals surface area contributed by atoms with Crippen LogP contribution in [0.5, 0.6) is 0 Å². The second-order valence-corrected chi connectivity index (χ2v) is 9.55. The van der Waals surface area contributed by atoms with E-state index in [9.17, 15) is 4.79 Å². The van der Waals surface area contributed by atoms with Crippen molar-refractivity contribution in [2.75, 3.05) is 38.5 Å². The summed E-state index contributed by atoms with van der Waals surface area (Å²) in [5.41, 5.74) is 6.32. The van der Waals surface area contributed by atoms with Crippen molar-refractivity contribution in [3.8, 4) is 33.6 Å². The van der Waals surface area contributed by atoms with Crippen LogP contribution in [0, 0.1) is 0 Å². The quantitative estimate of drug-likeness (QED) is 0.405. The second-order valence-electron chi connectivity index (χ2n) is 9.55. The van der Waals surface area contributed by atoms with Crippen molar-refractivity contribution in [1.82, 2.24) is 24.8 Å². The summed E-state index contributed by atoms with van der Waals surface area (Å²) in [5, 5.41) is 3.15. The Bertz CT molecular complexity index is 1360. The molecular weight excluding hydrogens is 460 g/mol. The van der Waals surface area contributed by atoms with Crippen molar-refractivity contribution < 1.29 is 4.79 Å². The van der Waals surface area contributed by atoms with Crippen molar-refractivity contribution in [1.29, 1.82) is 0 Å². The van der Waals surface area contributed by atoms with Gasteiger partial charge in [0.05, 0.1) is 11.4 Å². The molecule has 0 saturated carbocycles. The first-order valence-electron chi connectivity index (χ1n) is 12.7. The van der Waals surface area contributed by atoms with Gasteiger partial charge in [-0.05, 0) is 67.4 Å². The molecule has 1 fully saturated rings. The molecule has 0 radical (unpaired) electrons. The van der Waals surface area contributed by atoms with Crippen LogP contribution in [0.15, 0.2) is 79.3 Å². The van der Waals surface area contributed by atoms with Crippen LogP contribution in [0.2, 0.25) is 0 Å². The Kier molecular flexibility index (Phi) is 7.23. The molecule has 1 N–H and O–H groups in total. The molecular formula is C30H32N6O. The lowest BCUT2D eigenvalue weighted by Gasteiger charge is -2.37. The number of nitrogens with zero attached hydrogens (tertiary/aromatic N) is 5. The van der Waals surface area contributed by atoms with Gasteiger partial charge in [-0.15, -0.1) is 0 Å². The van der Waals surface area contributed by atoms with Crippen LogP contribution in [-0.2, 0) is 0 Å². The number of nitrogens with one attached hydrogen (secondary N) is 1. The number of pyridine rings is 3. The topological polar surface area (TPSA) is 74.2 Å². The number of hydrogen-bond acceptors (Lipinski definition) is 6. The number of carbonyl (C=O) groups is 1. The Morgan fingerprint density at radius 3 is 2.22 bits per heavy atom. The van der Waals surface area contributed by atoms with Crippen molar-refractivity contribution >= 4 is 11.7 Å². The van der Waals surface area contributed by atoms with Gasteiger partial charge >= 0.3 is 0 Å². The van der Waals surface area contributed by atoms with Crippen molar-refractivity contribution in [3.05, 3.63) is 84.8 Å². The van der Waals surface area contributed by atoms with E-state index in [2.05, 4.69) is 45.1 Å². The molecule has 5 rings (SSSR count). The Balaban J connectivity index is 1.37. The highest BCUT2D eigenvalue weighted by atomic mass is 16.2. The smallest absolute Gasteiger partial charge is 0.253 e. The highest BCUT2D eigenvalue weighted by Gasteiger charge is 2.23. The molecule has 1 saturated heterocycles. The fraction of sp³-hybridized carbons (Fsp3) is 0.267. The minimum absolute atomic E-state index is 0.0975. The van der Waals surface area contributed by atoms with E-state index in [0.717, 1.165) is 71.2 Å². The molecule has 1 aromatic carbocycles. The fourth-order valence-corrected chi connectivity index (χ4v) is 4.66. The molecule has 3 aromatic heterocycles. The summed E-state index contributed by atoms with van der Waals surface area (Å²) < 4.78 is 0. The van der Waals surface area contributed by atoms with E-state index in [1.807, 2.05) is 78.9 Å². The van der Waals surface area contributed by atoms with E-state index >= 15 is 0 Å². The average Bonchev–Trinajstić information content (AvgIpc) is 2.97. The molecule has 7 nitrogen and oxygen atoms in total. The maximum atomic E-state index is 13.1. The summed E-state index contributed by atoms with van der Waals surface area (Å²) in [5.74, 6) is 0.862. The molecule has 7 heteroatoms. The van der Waals surface area contributed by atoms with Gasteiger partial charge in [0.15, 0.2) is 0 Å². The lowest BCUT2D eigenvalue weighted by molar-refractivity contribution is 0.0595. The molecule has 188 valence electrons. The number of benzene rings is 1. The number of hydrogen-bond donors (Lipinski definition) is 1. The van der Waals surface area contributed by atoms with Gasteiger partial charge in [-0.25, -0.2) is 4.98 Å². The number of anilines is 1. The third-order valence-electron chi connectivity index (χ3n) is 6.88. The first kappa shape index (κ1) is 24.6. The van der Waals surface area contributed by atoms with Gasteiger partial charge in [-0.3, -0.25) is 19.7 Å². The molecule has 0 atom stereocenters. The Morgan fingerprint density at radius 2 is 1.57 bits per heavy atom. The van der Waals surface area contributed by atoms with Crippen LogP contribution in [0.25, 0.3) is 33.6 Å². The molecule has 1 amide bonds. The predicted molar refractivity (Wildman–Crippen MR) is 148 cm³/mol. The van der Waals surface area contributed by atoms with Crippen LogP contribution in [0.3, 0.4) is 0 Å². The number of rotatable bonds is 6. The first-order valence-corrected chi connectivity index (χ1v) is 12.7. The maximum Gasteiger partial charge on any atom is 0.253 e. The third kappa shape index (κ3) is 5.52. The largest absolute Gasteiger partial charge is 0.373 e. The SMILES string of the molecule is CNc1cc(-c2cncc(-c3ccc(C(=O)N4CCN(C(C)C)CC4)cc3)c2)cc(-c2ccccn2)n1. The monoisotopic (exact) mass is 492 g/mol. The summed E-state index contributed by atoms with van der Waals surface area (Å²) in [6.45, 7) is 7.79. The number of piperazine rings is 1. The van der Waals surface area contributed by atoms with E-state index in [1.54, 1.807) is 6.20 Å². The van der Waals surface area contributed by atoms with Gasteiger partial charge in [0.2, 0.25) is 0 Å². The summed E-state index contributed by atoms with van der Waals surface area (Å²) in [7, 11) is 1.86. The van der Waals surface area contributed by atoms with Crippen LogP contribution >= 0.6 is 0 Å². The number of amides is 1. The zero-order valence-electron chi connectivity index (χ0n) is 21.6. The minimum atomic E-state index is 0.0975. The highest BCUT2D eigenvalue weighted by molar-refractivity contribution is 5.95. The Hall–Kier alpha value is -4.10. The first-order chi connectivity index (χ1) is 18.0. The third-order valence-corrected chi connectivity index (χ3v) is 6.88. The van der Waals surface area contributed by atoms with Gasteiger partial charge in [0.1, 0.15) is 5.82 Å². The minimum Gasteiger partial charge on any atom is -0.373 e. The molecule has 0 bridgehead atoms. The van der Waals surface area contributed by atoms with Gasteiger partial charge in [-0.2, -0.15) is 0 Å². The maximum absolute atomic E-state index is 13.1. The standard InChI is InChI=1S/C30H32N6O/c1-21(2)35-12-14-36(15-13-35)30(37)23-9-7-22(8-10-23)25-16-26(20-32-19-25)24-17-28(34-29(18-24)31-3)27-6-4-5-11-33-27/h4-11,16-21H,12-15H2,1-3H3,(H,31,34). The van der Waals surface area contributed by atoms with Crippen LogP contribution in [-0.4, -0.2) is 69.9 Å². The highest BCUT2D eigenvalue weighted by Crippen LogP contribution is 2.29. The van der Waals surface area contributed by atoms with Gasteiger partial charge < -0.3 is 10.2 Å². The summed E-state index contributed by atoms with van der Waals surface area (Å²) in [6, 6.07) is 20.3. The molecule has 4 aromatic rings. The molecule has 1 aliphatic rings. The molecule has 1 aliphatic heterocycles. The van der Waals surface area contributed by atoms with E-state index in [0.29, 0.717) is 6.04 Å². The van der Waals surface area contributed by atoms with E-state index in [4.69, 9.17) is 0 Å². The summed E-state index contributed by atoms with van der Waals surface area (Å²) in [6.07, 6.45) is 5.48. The van der Waals surface area contributed by atoms with Gasteiger partial charge in [0, 0.05) is 74.5 Å². The Labute approximate surface area is 218 Å². The second kappa shape index (κ2) is 10.9. The summed E-state index contributed by atoms with van der Waals surface area (Å²) >= 11 is 0. The van der Waals surface area contributed by atoms with E-state index in [-0.39, 0.29) is 5.91 Å². The zero-order valence-corrected chi connectivity index (χ0v) is 21.6. The normalized spacial score (nSPS) is 14.1. The van der Waals surface area contributed by atoms with Crippen LogP contribution in [0.1, 0.15) is 24.2 Å². The van der Waals surface area contributed by atoms with Crippen molar-refractivity contribution in [2.45, 2.75) is 19.9 Å². The lowest BCUT2D eigenvalue weighted by Crippen LogP contribution is -2.50.